The number of hydrogen-bond acceptors (Lipinski definition) is 6. The summed E-state index contributed by atoms with van der Waals surface area (Å²) in [5, 5.41) is 14.0. The molecule has 1 saturated carbocycles. The quantitative estimate of drug-likeness (QED) is 0.679. The zero-order chi connectivity index (χ0) is 21.7. The molecule has 1 aliphatic rings. The fourth-order valence-electron chi connectivity index (χ4n) is 3.77. The van der Waals surface area contributed by atoms with E-state index < -0.39 is 23.5 Å². The first-order chi connectivity index (χ1) is 14.4. The number of amides is 1. The number of aromatic nitrogens is 2. The first kappa shape index (κ1) is 21.4. The van der Waals surface area contributed by atoms with E-state index in [4.69, 9.17) is 9.47 Å². The highest BCUT2D eigenvalue weighted by Gasteiger charge is 2.41. The second kappa shape index (κ2) is 8.99. The van der Waals surface area contributed by atoms with Crippen LogP contribution >= 0.6 is 0 Å². The molecule has 1 aliphatic carbocycles. The van der Waals surface area contributed by atoms with Gasteiger partial charge >= 0.3 is 5.97 Å². The lowest BCUT2D eigenvalue weighted by molar-refractivity contribution is -0.143. The summed E-state index contributed by atoms with van der Waals surface area (Å²) in [7, 11) is 3.04. The van der Waals surface area contributed by atoms with Crippen LogP contribution in [0.5, 0.6) is 5.75 Å². The van der Waals surface area contributed by atoms with Crippen LogP contribution in [0, 0.1) is 11.3 Å². The van der Waals surface area contributed by atoms with Crippen LogP contribution in [0.4, 0.5) is 0 Å². The van der Waals surface area contributed by atoms with Crippen LogP contribution in [-0.4, -0.2) is 52.4 Å². The van der Waals surface area contributed by atoms with Gasteiger partial charge in [0, 0.05) is 7.05 Å². The number of carbonyl (C=O) groups excluding carboxylic acids is 2. The monoisotopic (exact) mass is 410 g/mol. The van der Waals surface area contributed by atoms with E-state index in [0.717, 1.165) is 24.9 Å². The minimum atomic E-state index is -1.05. The second-order valence-electron chi connectivity index (χ2n) is 7.48. The predicted octanol–water partition coefficient (Wildman–Crippen LogP) is 3.11. The van der Waals surface area contributed by atoms with Crippen molar-refractivity contribution in [2.75, 3.05) is 14.2 Å². The summed E-state index contributed by atoms with van der Waals surface area (Å²) in [5.41, 5.74) is -0.106. The van der Waals surface area contributed by atoms with E-state index in [1.54, 1.807) is 13.2 Å². The highest BCUT2D eigenvalue weighted by molar-refractivity contribution is 5.93. The van der Waals surface area contributed by atoms with Gasteiger partial charge in [0.25, 0.3) is 5.91 Å². The van der Waals surface area contributed by atoms with E-state index in [1.165, 1.54) is 23.6 Å². The summed E-state index contributed by atoms with van der Waals surface area (Å²) in [6.45, 7) is 1.51. The van der Waals surface area contributed by atoms with Crippen molar-refractivity contribution >= 4 is 11.9 Å². The van der Waals surface area contributed by atoms with Gasteiger partial charge in [0.15, 0.2) is 11.9 Å². The topological polar surface area (TPSA) is 97.5 Å². The summed E-state index contributed by atoms with van der Waals surface area (Å²) in [4.78, 5) is 27.0. The molecule has 1 heterocycles. The summed E-state index contributed by atoms with van der Waals surface area (Å²) >= 11 is 0. The van der Waals surface area contributed by atoms with Crippen LogP contribution in [0.1, 0.15) is 49.5 Å². The number of likely N-dealkylation sites (N-methyl/N-ethyl adjacent to an activating group) is 1. The van der Waals surface area contributed by atoms with Crippen molar-refractivity contribution < 1.29 is 19.1 Å². The molecule has 0 spiro atoms. The lowest BCUT2D eigenvalue weighted by Gasteiger charge is -2.39. The first-order valence-electron chi connectivity index (χ1n) is 10.0. The van der Waals surface area contributed by atoms with Gasteiger partial charge in [-0.25, -0.2) is 9.48 Å². The molecule has 1 aromatic heterocycles. The van der Waals surface area contributed by atoms with Crippen LogP contribution in [-0.2, 0) is 9.53 Å². The minimum Gasteiger partial charge on any atom is -0.493 e. The van der Waals surface area contributed by atoms with Crippen LogP contribution in [0.15, 0.2) is 36.5 Å². The van der Waals surface area contributed by atoms with E-state index in [9.17, 15) is 14.9 Å². The third-order valence-electron chi connectivity index (χ3n) is 5.61. The van der Waals surface area contributed by atoms with Crippen LogP contribution in [0.3, 0.4) is 0 Å². The Kier molecular flexibility index (Phi) is 6.40. The fraction of sp³-hybridized carbons (Fsp3) is 0.455. The third kappa shape index (κ3) is 4.15. The van der Waals surface area contributed by atoms with E-state index in [0.29, 0.717) is 12.8 Å². The Morgan fingerprint density at radius 3 is 2.50 bits per heavy atom. The van der Waals surface area contributed by atoms with E-state index in [2.05, 4.69) is 11.2 Å². The number of hydrogen-bond donors (Lipinski definition) is 0. The average molecular weight is 410 g/mol. The van der Waals surface area contributed by atoms with E-state index >= 15 is 0 Å². The summed E-state index contributed by atoms with van der Waals surface area (Å²) in [6, 6.07) is 11.6. The molecule has 1 amide bonds. The molecule has 0 N–H and O–H groups in total. The summed E-state index contributed by atoms with van der Waals surface area (Å²) < 4.78 is 12.2. The number of nitrogens with zero attached hydrogens (tertiary/aromatic N) is 4. The SMILES string of the molecule is COc1cn(-c2ccccc2)nc1C(=O)O[C@H](C)C(=O)N(C)C1(C#N)CCCCC1. The molecule has 8 nitrogen and oxygen atoms in total. The number of methoxy groups -OCH3 is 1. The van der Waals surface area contributed by atoms with Crippen molar-refractivity contribution in [3.63, 3.8) is 0 Å². The molecular formula is C22H26N4O4. The lowest BCUT2D eigenvalue weighted by Crippen LogP contribution is -2.53. The number of para-hydroxylation sites is 1. The Morgan fingerprint density at radius 1 is 1.23 bits per heavy atom. The normalized spacial score (nSPS) is 16.2. The van der Waals surface area contributed by atoms with Gasteiger partial charge in [0.2, 0.25) is 5.69 Å². The maximum absolute atomic E-state index is 12.9. The number of esters is 1. The summed E-state index contributed by atoms with van der Waals surface area (Å²) in [6.07, 6.45) is 4.63. The first-order valence-corrected chi connectivity index (χ1v) is 10.0. The van der Waals surface area contributed by atoms with Gasteiger partial charge in [-0.1, -0.05) is 37.5 Å². The molecule has 2 aromatic rings. The van der Waals surface area contributed by atoms with Gasteiger partial charge in [-0.05, 0) is 31.9 Å². The van der Waals surface area contributed by atoms with Gasteiger partial charge in [-0.3, -0.25) is 4.79 Å². The minimum absolute atomic E-state index is 0.0173. The number of ether oxygens (including phenoxy) is 2. The van der Waals surface area contributed by atoms with Gasteiger partial charge in [-0.15, -0.1) is 0 Å². The zero-order valence-corrected chi connectivity index (χ0v) is 17.5. The maximum atomic E-state index is 12.9. The summed E-state index contributed by atoms with van der Waals surface area (Å²) in [5.74, 6) is -0.920. The maximum Gasteiger partial charge on any atom is 0.363 e. The van der Waals surface area contributed by atoms with Crippen LogP contribution in [0.25, 0.3) is 5.69 Å². The molecule has 0 radical (unpaired) electrons. The number of benzene rings is 1. The molecule has 1 fully saturated rings. The highest BCUT2D eigenvalue weighted by atomic mass is 16.6. The molecular weight excluding hydrogens is 384 g/mol. The van der Waals surface area contributed by atoms with Gasteiger partial charge in [0.1, 0.15) is 5.54 Å². The molecule has 3 rings (SSSR count). The Bertz CT molecular complexity index is 942. The molecule has 30 heavy (non-hydrogen) atoms. The molecule has 0 unspecified atom stereocenters. The zero-order valence-electron chi connectivity index (χ0n) is 17.5. The van der Waals surface area contributed by atoms with Crippen molar-refractivity contribution in [3.8, 4) is 17.5 Å². The Hall–Kier alpha value is -3.34. The van der Waals surface area contributed by atoms with Crippen molar-refractivity contribution in [1.82, 2.24) is 14.7 Å². The molecule has 0 aliphatic heterocycles. The van der Waals surface area contributed by atoms with Crippen molar-refractivity contribution in [2.24, 2.45) is 0 Å². The fourth-order valence-corrected chi connectivity index (χ4v) is 3.77. The predicted molar refractivity (Wildman–Crippen MR) is 109 cm³/mol. The van der Waals surface area contributed by atoms with E-state index in [-0.39, 0.29) is 11.4 Å². The number of rotatable bonds is 6. The van der Waals surface area contributed by atoms with Gasteiger partial charge in [-0.2, -0.15) is 10.4 Å². The largest absolute Gasteiger partial charge is 0.493 e. The third-order valence-corrected chi connectivity index (χ3v) is 5.61. The average Bonchev–Trinajstić information content (AvgIpc) is 3.23. The van der Waals surface area contributed by atoms with E-state index in [1.807, 2.05) is 30.3 Å². The molecule has 8 heteroatoms. The highest BCUT2D eigenvalue weighted by Crippen LogP contribution is 2.33. The van der Waals surface area contributed by atoms with Gasteiger partial charge < -0.3 is 14.4 Å². The smallest absolute Gasteiger partial charge is 0.363 e. The number of nitriles is 1. The molecule has 1 aromatic carbocycles. The van der Waals surface area contributed by atoms with Crippen LogP contribution < -0.4 is 4.74 Å². The molecule has 0 bridgehead atoms. The second-order valence-corrected chi connectivity index (χ2v) is 7.48. The lowest BCUT2D eigenvalue weighted by atomic mass is 9.81. The van der Waals surface area contributed by atoms with Crippen molar-refractivity contribution in [1.29, 1.82) is 5.26 Å². The van der Waals surface area contributed by atoms with Crippen molar-refractivity contribution in [2.45, 2.75) is 50.7 Å². The standard InChI is InChI=1S/C22H26N4O4/c1-16(20(27)25(2)22(15-23)12-8-5-9-13-22)30-21(28)19-18(29-3)14-26(24-19)17-10-6-4-7-11-17/h4,6-7,10-11,14,16H,5,8-9,12-13H2,1-3H3/t16-/m1/s1. The van der Waals surface area contributed by atoms with Gasteiger partial charge in [0.05, 0.1) is 25.1 Å². The Labute approximate surface area is 176 Å². The molecule has 1 atom stereocenters. The molecule has 0 saturated heterocycles. The number of carbonyl (C=O) groups is 2. The Balaban J connectivity index is 1.74. The Morgan fingerprint density at radius 2 is 1.90 bits per heavy atom. The molecule has 158 valence electrons. The van der Waals surface area contributed by atoms with Crippen LogP contribution in [0.2, 0.25) is 0 Å². The van der Waals surface area contributed by atoms with Crippen molar-refractivity contribution in [3.05, 3.63) is 42.2 Å².